The summed E-state index contributed by atoms with van der Waals surface area (Å²) in [6.07, 6.45) is 0.481. The molecule has 1 aromatic rings. The summed E-state index contributed by atoms with van der Waals surface area (Å²) in [5, 5.41) is 12.7. The number of rotatable bonds is 8. The molecule has 0 bridgehead atoms. The number of aliphatic hydroxyl groups excluding tert-OH is 1. The molecule has 1 amide bonds. The van der Waals surface area contributed by atoms with Gasteiger partial charge in [0, 0.05) is 12.1 Å². The molecule has 0 fully saturated rings. The zero-order chi connectivity index (χ0) is 13.4. The van der Waals surface area contributed by atoms with Crippen LogP contribution in [0.4, 0.5) is 0 Å². The van der Waals surface area contributed by atoms with Gasteiger partial charge in [-0.15, -0.1) is 0 Å². The molecule has 1 unspecified atom stereocenters. The van der Waals surface area contributed by atoms with Gasteiger partial charge in [-0.1, -0.05) is 6.92 Å². The lowest BCUT2D eigenvalue weighted by Crippen LogP contribution is -2.31. The van der Waals surface area contributed by atoms with Crippen molar-refractivity contribution in [2.24, 2.45) is 5.73 Å². The lowest BCUT2D eigenvalue weighted by Gasteiger charge is -2.13. The Morgan fingerprint density at radius 1 is 1.44 bits per heavy atom. The first kappa shape index (κ1) is 14.5. The molecule has 4 N–H and O–H groups in total. The van der Waals surface area contributed by atoms with E-state index in [0.29, 0.717) is 17.9 Å². The van der Waals surface area contributed by atoms with Crippen molar-refractivity contribution >= 4 is 5.91 Å². The molecule has 0 spiro atoms. The fourth-order valence-electron chi connectivity index (χ4n) is 1.41. The van der Waals surface area contributed by atoms with Gasteiger partial charge in [0.15, 0.2) is 0 Å². The SMILES string of the molecule is CCCNCC(O)COc1ccc(C(N)=O)cc1. The first-order valence-electron chi connectivity index (χ1n) is 6.05. The number of hydrogen-bond acceptors (Lipinski definition) is 4. The zero-order valence-electron chi connectivity index (χ0n) is 10.6. The van der Waals surface area contributed by atoms with E-state index >= 15 is 0 Å². The number of amides is 1. The van der Waals surface area contributed by atoms with Crippen LogP contribution in [0.15, 0.2) is 24.3 Å². The van der Waals surface area contributed by atoms with Crippen molar-refractivity contribution in [1.29, 1.82) is 0 Å². The van der Waals surface area contributed by atoms with Gasteiger partial charge >= 0.3 is 0 Å². The van der Waals surface area contributed by atoms with Crippen LogP contribution in [0.25, 0.3) is 0 Å². The monoisotopic (exact) mass is 252 g/mol. The Balaban J connectivity index is 2.32. The summed E-state index contributed by atoms with van der Waals surface area (Å²) in [5.41, 5.74) is 5.56. The molecule has 5 heteroatoms. The molecule has 1 aromatic carbocycles. The van der Waals surface area contributed by atoms with Gasteiger partial charge in [0.25, 0.3) is 0 Å². The van der Waals surface area contributed by atoms with Crippen molar-refractivity contribution in [3.63, 3.8) is 0 Å². The second-order valence-electron chi connectivity index (χ2n) is 4.06. The summed E-state index contributed by atoms with van der Waals surface area (Å²) in [6, 6.07) is 6.51. The number of carbonyl (C=O) groups is 1. The van der Waals surface area contributed by atoms with Gasteiger partial charge in [-0.05, 0) is 37.2 Å². The van der Waals surface area contributed by atoms with Crippen molar-refractivity contribution in [2.45, 2.75) is 19.4 Å². The van der Waals surface area contributed by atoms with E-state index in [0.717, 1.165) is 13.0 Å². The number of ether oxygens (including phenoxy) is 1. The van der Waals surface area contributed by atoms with E-state index in [1.54, 1.807) is 24.3 Å². The molecule has 0 saturated carbocycles. The lowest BCUT2D eigenvalue weighted by atomic mass is 10.2. The Morgan fingerprint density at radius 2 is 2.11 bits per heavy atom. The lowest BCUT2D eigenvalue weighted by molar-refractivity contribution is 0.0998. The largest absolute Gasteiger partial charge is 0.491 e. The van der Waals surface area contributed by atoms with Crippen molar-refractivity contribution in [3.8, 4) is 5.75 Å². The van der Waals surface area contributed by atoms with Crippen molar-refractivity contribution in [2.75, 3.05) is 19.7 Å². The fraction of sp³-hybridized carbons (Fsp3) is 0.462. The maximum atomic E-state index is 10.9. The number of primary amides is 1. The maximum absolute atomic E-state index is 10.9. The molecule has 0 radical (unpaired) electrons. The Bertz CT molecular complexity index is 365. The van der Waals surface area contributed by atoms with Crippen LogP contribution < -0.4 is 15.8 Å². The predicted molar refractivity (Wildman–Crippen MR) is 69.6 cm³/mol. The second kappa shape index (κ2) is 7.68. The van der Waals surface area contributed by atoms with Gasteiger partial charge in [0.05, 0.1) is 0 Å². The predicted octanol–water partition coefficient (Wildman–Crippen LogP) is 0.525. The highest BCUT2D eigenvalue weighted by atomic mass is 16.5. The molecule has 0 aliphatic heterocycles. The molecular formula is C13H20N2O3. The molecule has 18 heavy (non-hydrogen) atoms. The average molecular weight is 252 g/mol. The van der Waals surface area contributed by atoms with Crippen molar-refractivity contribution in [3.05, 3.63) is 29.8 Å². The molecule has 100 valence electrons. The van der Waals surface area contributed by atoms with Crippen molar-refractivity contribution < 1.29 is 14.6 Å². The minimum Gasteiger partial charge on any atom is -0.491 e. The molecular weight excluding hydrogens is 232 g/mol. The maximum Gasteiger partial charge on any atom is 0.248 e. The molecule has 1 rings (SSSR count). The third-order valence-electron chi connectivity index (χ3n) is 2.39. The van der Waals surface area contributed by atoms with E-state index < -0.39 is 12.0 Å². The minimum atomic E-state index is -0.549. The number of hydrogen-bond donors (Lipinski definition) is 3. The molecule has 0 heterocycles. The van der Waals surface area contributed by atoms with Gasteiger partial charge in [0.2, 0.25) is 5.91 Å². The first-order chi connectivity index (χ1) is 8.63. The Hall–Kier alpha value is -1.59. The summed E-state index contributed by atoms with van der Waals surface area (Å²) < 4.78 is 5.39. The first-order valence-corrected chi connectivity index (χ1v) is 6.05. The van der Waals surface area contributed by atoms with E-state index in [9.17, 15) is 9.90 Å². The van der Waals surface area contributed by atoms with Crippen LogP contribution in [-0.4, -0.2) is 36.8 Å². The molecule has 0 aliphatic rings. The van der Waals surface area contributed by atoms with E-state index in [4.69, 9.17) is 10.5 Å². The minimum absolute atomic E-state index is 0.215. The van der Waals surface area contributed by atoms with Crippen LogP contribution in [-0.2, 0) is 0 Å². The quantitative estimate of drug-likeness (QED) is 0.589. The molecule has 1 atom stereocenters. The van der Waals surface area contributed by atoms with Gasteiger partial charge in [-0.2, -0.15) is 0 Å². The van der Waals surface area contributed by atoms with Gasteiger partial charge in [-0.25, -0.2) is 0 Å². The molecule has 5 nitrogen and oxygen atoms in total. The second-order valence-corrected chi connectivity index (χ2v) is 4.06. The topological polar surface area (TPSA) is 84.6 Å². The highest BCUT2D eigenvalue weighted by Crippen LogP contribution is 2.11. The normalized spacial score (nSPS) is 12.1. The van der Waals surface area contributed by atoms with Crippen LogP contribution in [0.2, 0.25) is 0 Å². The molecule has 0 saturated heterocycles. The number of nitrogens with one attached hydrogen (secondary N) is 1. The van der Waals surface area contributed by atoms with Crippen molar-refractivity contribution in [1.82, 2.24) is 5.32 Å². The average Bonchev–Trinajstić information content (AvgIpc) is 2.37. The van der Waals surface area contributed by atoms with Gasteiger partial charge in [0.1, 0.15) is 18.5 Å². The summed E-state index contributed by atoms with van der Waals surface area (Å²) >= 11 is 0. The van der Waals surface area contributed by atoms with Crippen LogP contribution in [0, 0.1) is 0 Å². The molecule has 0 aliphatic carbocycles. The summed E-state index contributed by atoms with van der Waals surface area (Å²) in [7, 11) is 0. The summed E-state index contributed by atoms with van der Waals surface area (Å²) in [5.74, 6) is 0.139. The number of aliphatic hydroxyl groups is 1. The van der Waals surface area contributed by atoms with Gasteiger partial charge < -0.3 is 20.9 Å². The fourth-order valence-corrected chi connectivity index (χ4v) is 1.41. The number of nitrogens with two attached hydrogens (primary N) is 1. The van der Waals surface area contributed by atoms with E-state index in [2.05, 4.69) is 12.2 Å². The zero-order valence-corrected chi connectivity index (χ0v) is 10.6. The highest BCUT2D eigenvalue weighted by molar-refractivity contribution is 5.92. The van der Waals surface area contributed by atoms with E-state index in [-0.39, 0.29) is 6.61 Å². The van der Waals surface area contributed by atoms with Crippen LogP contribution in [0.1, 0.15) is 23.7 Å². The van der Waals surface area contributed by atoms with Crippen LogP contribution in [0.3, 0.4) is 0 Å². The number of carbonyl (C=O) groups excluding carboxylic acids is 1. The van der Waals surface area contributed by atoms with Gasteiger partial charge in [-0.3, -0.25) is 4.79 Å². The van der Waals surface area contributed by atoms with E-state index in [1.165, 1.54) is 0 Å². The third kappa shape index (κ3) is 5.16. The summed E-state index contributed by atoms with van der Waals surface area (Å²) in [6.45, 7) is 3.67. The highest BCUT2D eigenvalue weighted by Gasteiger charge is 2.05. The standard InChI is InChI=1S/C13H20N2O3/c1-2-7-15-8-11(16)9-18-12-5-3-10(4-6-12)13(14)17/h3-6,11,15-16H,2,7-9H2,1H3,(H2,14,17). The number of benzene rings is 1. The van der Waals surface area contributed by atoms with E-state index in [1.807, 2.05) is 0 Å². The van der Waals surface area contributed by atoms with Crippen LogP contribution in [0.5, 0.6) is 5.75 Å². The third-order valence-corrected chi connectivity index (χ3v) is 2.39. The van der Waals surface area contributed by atoms with Crippen LogP contribution >= 0.6 is 0 Å². The smallest absolute Gasteiger partial charge is 0.248 e. The summed E-state index contributed by atoms with van der Waals surface area (Å²) in [4.78, 5) is 10.9. The molecule has 0 aromatic heterocycles. The Kier molecular flexibility index (Phi) is 6.18. The Labute approximate surface area is 107 Å². The Morgan fingerprint density at radius 3 is 2.67 bits per heavy atom.